The molecule has 16 heavy (non-hydrogen) atoms. The highest BCUT2D eigenvalue weighted by Gasteiger charge is 2.27. The van der Waals surface area contributed by atoms with E-state index in [1.807, 2.05) is 0 Å². The van der Waals surface area contributed by atoms with Gasteiger partial charge in [0.15, 0.2) is 5.82 Å². The van der Waals surface area contributed by atoms with Crippen LogP contribution in [0.25, 0.3) is 10.2 Å². The van der Waals surface area contributed by atoms with Crippen LogP contribution in [0.4, 0.5) is 5.82 Å². The van der Waals surface area contributed by atoms with Crippen LogP contribution in [0.1, 0.15) is 36.4 Å². The minimum Gasteiger partial charge on any atom is -0.308 e. The van der Waals surface area contributed by atoms with Crippen LogP contribution < -0.4 is 11.3 Å². The zero-order valence-electron chi connectivity index (χ0n) is 9.16. The molecule has 3 N–H and O–H groups in total. The van der Waals surface area contributed by atoms with Crippen molar-refractivity contribution in [1.82, 2.24) is 9.97 Å². The van der Waals surface area contributed by atoms with E-state index in [0.29, 0.717) is 5.92 Å². The van der Waals surface area contributed by atoms with Crippen LogP contribution in [-0.2, 0) is 6.42 Å². The molecule has 0 radical (unpaired) electrons. The first-order valence-electron chi connectivity index (χ1n) is 5.58. The standard InChI is InChI=1S/C11H14N4S/c1-2-7-5-8-10(15-12)13-9(6-3-4-6)14-11(8)16-7/h5-6H,2-4,12H2,1H3,(H,13,14,15). The molecule has 3 rings (SSSR count). The zero-order chi connectivity index (χ0) is 11.1. The third kappa shape index (κ3) is 1.56. The summed E-state index contributed by atoms with van der Waals surface area (Å²) in [4.78, 5) is 11.5. The van der Waals surface area contributed by atoms with Gasteiger partial charge in [-0.05, 0) is 25.3 Å². The molecule has 1 aliphatic rings. The molecule has 0 unspecified atom stereocenters. The van der Waals surface area contributed by atoms with Crippen LogP contribution in [0.2, 0.25) is 0 Å². The Morgan fingerprint density at radius 3 is 2.94 bits per heavy atom. The summed E-state index contributed by atoms with van der Waals surface area (Å²) in [7, 11) is 0. The minimum atomic E-state index is 0.559. The molecule has 1 saturated carbocycles. The van der Waals surface area contributed by atoms with Gasteiger partial charge >= 0.3 is 0 Å². The lowest BCUT2D eigenvalue weighted by Gasteiger charge is -2.03. The molecule has 0 spiro atoms. The number of nitrogen functional groups attached to an aromatic ring is 1. The summed E-state index contributed by atoms with van der Waals surface area (Å²) in [6.45, 7) is 2.15. The highest BCUT2D eigenvalue weighted by atomic mass is 32.1. The van der Waals surface area contributed by atoms with E-state index in [9.17, 15) is 0 Å². The van der Waals surface area contributed by atoms with Crippen LogP contribution in [0, 0.1) is 0 Å². The number of aryl methyl sites for hydroxylation is 1. The quantitative estimate of drug-likeness (QED) is 0.632. The molecule has 84 valence electrons. The second-order valence-corrected chi connectivity index (χ2v) is 5.25. The average molecular weight is 234 g/mol. The molecule has 2 aromatic heterocycles. The Balaban J connectivity index is 2.19. The number of fused-ring (bicyclic) bond motifs is 1. The zero-order valence-corrected chi connectivity index (χ0v) is 9.97. The van der Waals surface area contributed by atoms with Crippen molar-refractivity contribution in [3.05, 3.63) is 16.8 Å². The van der Waals surface area contributed by atoms with Crippen molar-refractivity contribution in [2.45, 2.75) is 32.1 Å². The third-order valence-electron chi connectivity index (χ3n) is 2.89. The predicted octanol–water partition coefficient (Wildman–Crippen LogP) is 2.42. The predicted molar refractivity (Wildman–Crippen MR) is 66.6 cm³/mol. The number of hydrazine groups is 1. The molecular formula is C11H14N4S. The van der Waals surface area contributed by atoms with E-state index in [1.165, 1.54) is 17.7 Å². The van der Waals surface area contributed by atoms with Gasteiger partial charge in [0, 0.05) is 10.8 Å². The van der Waals surface area contributed by atoms with Gasteiger partial charge in [-0.1, -0.05) is 6.92 Å². The number of nitrogens with one attached hydrogen (secondary N) is 1. The van der Waals surface area contributed by atoms with E-state index in [0.717, 1.165) is 28.3 Å². The van der Waals surface area contributed by atoms with Crippen molar-refractivity contribution in [2.75, 3.05) is 5.43 Å². The van der Waals surface area contributed by atoms with Crippen molar-refractivity contribution in [3.63, 3.8) is 0 Å². The summed E-state index contributed by atoms with van der Waals surface area (Å²) < 4.78 is 0. The van der Waals surface area contributed by atoms with Gasteiger partial charge in [-0.3, -0.25) is 0 Å². The Bertz CT molecular complexity index is 530. The number of nitrogens with zero attached hydrogens (tertiary/aromatic N) is 2. The first-order chi connectivity index (χ1) is 7.81. The molecule has 1 fully saturated rings. The van der Waals surface area contributed by atoms with Gasteiger partial charge in [0.1, 0.15) is 10.7 Å². The number of rotatable bonds is 3. The van der Waals surface area contributed by atoms with Crippen molar-refractivity contribution >= 4 is 27.4 Å². The van der Waals surface area contributed by atoms with Crippen molar-refractivity contribution in [1.29, 1.82) is 0 Å². The maximum absolute atomic E-state index is 5.52. The van der Waals surface area contributed by atoms with Gasteiger partial charge in [0.05, 0.1) is 5.39 Å². The first-order valence-corrected chi connectivity index (χ1v) is 6.40. The Kier molecular flexibility index (Phi) is 2.29. The normalized spacial score (nSPS) is 15.6. The fraction of sp³-hybridized carbons (Fsp3) is 0.455. The van der Waals surface area contributed by atoms with E-state index >= 15 is 0 Å². The molecule has 2 aromatic rings. The number of aromatic nitrogens is 2. The van der Waals surface area contributed by atoms with Crippen LogP contribution in [0.15, 0.2) is 6.07 Å². The summed E-state index contributed by atoms with van der Waals surface area (Å²) in [6, 6.07) is 2.13. The van der Waals surface area contributed by atoms with Crippen LogP contribution in [-0.4, -0.2) is 9.97 Å². The topological polar surface area (TPSA) is 63.8 Å². The van der Waals surface area contributed by atoms with E-state index < -0.39 is 0 Å². The average Bonchev–Trinajstić information content (AvgIpc) is 3.07. The molecule has 0 aliphatic heterocycles. The maximum Gasteiger partial charge on any atom is 0.152 e. The number of anilines is 1. The molecule has 0 aromatic carbocycles. The summed E-state index contributed by atoms with van der Waals surface area (Å²) in [6.07, 6.45) is 3.45. The largest absolute Gasteiger partial charge is 0.308 e. The Morgan fingerprint density at radius 1 is 1.50 bits per heavy atom. The van der Waals surface area contributed by atoms with Crippen LogP contribution in [0.5, 0.6) is 0 Å². The van der Waals surface area contributed by atoms with Crippen molar-refractivity contribution < 1.29 is 0 Å². The lowest BCUT2D eigenvalue weighted by molar-refractivity contribution is 0.949. The molecule has 4 nitrogen and oxygen atoms in total. The highest BCUT2D eigenvalue weighted by Crippen LogP contribution is 2.40. The summed E-state index contributed by atoms with van der Waals surface area (Å²) in [5.74, 6) is 7.79. The Labute approximate surface area is 97.9 Å². The second-order valence-electron chi connectivity index (χ2n) is 4.13. The van der Waals surface area contributed by atoms with Crippen LogP contribution in [0.3, 0.4) is 0 Å². The van der Waals surface area contributed by atoms with E-state index in [1.54, 1.807) is 11.3 Å². The number of hydrogen-bond donors (Lipinski definition) is 2. The van der Waals surface area contributed by atoms with E-state index in [4.69, 9.17) is 5.84 Å². The van der Waals surface area contributed by atoms with Gasteiger partial charge in [0.25, 0.3) is 0 Å². The minimum absolute atomic E-state index is 0.559. The second kappa shape index (κ2) is 3.68. The van der Waals surface area contributed by atoms with E-state index in [-0.39, 0.29) is 0 Å². The van der Waals surface area contributed by atoms with Gasteiger partial charge in [-0.2, -0.15) is 0 Å². The maximum atomic E-state index is 5.52. The molecule has 0 amide bonds. The smallest absolute Gasteiger partial charge is 0.152 e. The summed E-state index contributed by atoms with van der Waals surface area (Å²) in [5.41, 5.74) is 2.69. The summed E-state index contributed by atoms with van der Waals surface area (Å²) in [5, 5.41) is 1.05. The van der Waals surface area contributed by atoms with Gasteiger partial charge < -0.3 is 5.43 Å². The highest BCUT2D eigenvalue weighted by molar-refractivity contribution is 7.18. The van der Waals surface area contributed by atoms with Crippen molar-refractivity contribution in [2.24, 2.45) is 5.84 Å². The monoisotopic (exact) mass is 234 g/mol. The van der Waals surface area contributed by atoms with Gasteiger partial charge in [0.2, 0.25) is 0 Å². The van der Waals surface area contributed by atoms with Gasteiger partial charge in [-0.25, -0.2) is 15.8 Å². The number of hydrogen-bond acceptors (Lipinski definition) is 5. The Morgan fingerprint density at radius 2 is 2.31 bits per heavy atom. The lowest BCUT2D eigenvalue weighted by atomic mass is 10.3. The van der Waals surface area contributed by atoms with E-state index in [2.05, 4.69) is 28.4 Å². The third-order valence-corrected chi connectivity index (χ3v) is 4.06. The molecule has 0 atom stereocenters. The van der Waals surface area contributed by atoms with Crippen LogP contribution >= 0.6 is 11.3 Å². The lowest BCUT2D eigenvalue weighted by Crippen LogP contribution is -2.10. The molecule has 2 heterocycles. The number of thiophene rings is 1. The molecular weight excluding hydrogens is 220 g/mol. The fourth-order valence-corrected chi connectivity index (χ4v) is 2.77. The molecule has 5 heteroatoms. The molecule has 1 aliphatic carbocycles. The van der Waals surface area contributed by atoms with Gasteiger partial charge in [-0.15, -0.1) is 11.3 Å². The summed E-state index contributed by atoms with van der Waals surface area (Å²) >= 11 is 1.74. The molecule has 0 bridgehead atoms. The Hall–Kier alpha value is -1.20. The van der Waals surface area contributed by atoms with Crippen molar-refractivity contribution in [3.8, 4) is 0 Å². The molecule has 0 saturated heterocycles. The fourth-order valence-electron chi connectivity index (χ4n) is 1.80. The first kappa shape index (κ1) is 9.99. The SMILES string of the molecule is CCc1cc2c(NN)nc(C3CC3)nc2s1. The number of nitrogens with two attached hydrogens (primary N) is 1.